The Bertz CT molecular complexity index is 372. The summed E-state index contributed by atoms with van der Waals surface area (Å²) < 4.78 is 0. The van der Waals surface area contributed by atoms with Crippen LogP contribution in [0.1, 0.15) is 47.3 Å². The highest BCUT2D eigenvalue weighted by Gasteiger charge is 2.28. The van der Waals surface area contributed by atoms with Crippen LogP contribution in [0.4, 0.5) is 0 Å². The Labute approximate surface area is 101 Å². The molecule has 0 bridgehead atoms. The van der Waals surface area contributed by atoms with Crippen molar-refractivity contribution in [2.75, 3.05) is 0 Å². The maximum atomic E-state index is 12.3. The predicted molar refractivity (Wildman–Crippen MR) is 67.9 cm³/mol. The molecule has 2 N–H and O–H groups in total. The topological polar surface area (TPSA) is 43.1 Å². The quantitative estimate of drug-likeness (QED) is 0.634. The van der Waals surface area contributed by atoms with Gasteiger partial charge in [0, 0.05) is 27.8 Å². The van der Waals surface area contributed by atoms with Gasteiger partial charge in [0.1, 0.15) is 0 Å². The van der Waals surface area contributed by atoms with Crippen molar-refractivity contribution in [2.45, 2.75) is 45.1 Å². The average Bonchev–Trinajstić information content (AvgIpc) is 2.57. The number of rotatable bonds is 2. The van der Waals surface area contributed by atoms with E-state index in [-0.39, 0.29) is 17.7 Å². The van der Waals surface area contributed by atoms with E-state index in [9.17, 15) is 4.79 Å². The summed E-state index contributed by atoms with van der Waals surface area (Å²) in [5.74, 6) is 0.315. The van der Waals surface area contributed by atoms with E-state index in [1.54, 1.807) is 11.3 Å². The highest BCUT2D eigenvalue weighted by molar-refractivity contribution is 7.10. The van der Waals surface area contributed by atoms with Crippen molar-refractivity contribution in [3.05, 3.63) is 21.9 Å². The number of carbonyl (C=O) groups is 1. The molecule has 0 saturated heterocycles. The first-order chi connectivity index (χ1) is 7.68. The van der Waals surface area contributed by atoms with Crippen LogP contribution in [0, 0.1) is 12.8 Å². The molecular formula is C13H19NOS. The second-order valence-electron chi connectivity index (χ2n) is 4.72. The molecule has 2 rings (SSSR count). The summed E-state index contributed by atoms with van der Waals surface area (Å²) in [6, 6.07) is 2.06. The van der Waals surface area contributed by atoms with Crippen molar-refractivity contribution < 1.29 is 4.79 Å². The van der Waals surface area contributed by atoms with Crippen LogP contribution >= 0.6 is 11.3 Å². The molecule has 1 fully saturated rings. The van der Waals surface area contributed by atoms with E-state index in [1.165, 1.54) is 17.7 Å². The van der Waals surface area contributed by atoms with E-state index in [1.807, 2.05) is 18.4 Å². The number of thiophene rings is 1. The van der Waals surface area contributed by atoms with Gasteiger partial charge in [0.2, 0.25) is 0 Å². The third-order valence-corrected chi connectivity index (χ3v) is 4.28. The normalized spacial score (nSPS) is 26.4. The predicted octanol–water partition coefficient (Wildman–Crippen LogP) is 3.15. The Morgan fingerprint density at radius 2 is 2.12 bits per heavy atom. The van der Waals surface area contributed by atoms with E-state index < -0.39 is 0 Å². The number of ketones is 1. The van der Waals surface area contributed by atoms with Gasteiger partial charge < -0.3 is 5.73 Å². The standard InChI is InChI=1S/C13H19NOS/c1-9-7-10(8-16-9)13(15)11-5-3-2-4-6-12(11)14/h7-8,11-12H,2-6,14H2,1H3. The maximum Gasteiger partial charge on any atom is 0.168 e. The molecule has 0 radical (unpaired) electrons. The minimum absolute atomic E-state index is 0.0523. The Morgan fingerprint density at radius 3 is 2.81 bits per heavy atom. The molecule has 1 saturated carbocycles. The van der Waals surface area contributed by atoms with Gasteiger partial charge in [-0.15, -0.1) is 11.3 Å². The summed E-state index contributed by atoms with van der Waals surface area (Å²) in [5, 5.41) is 1.97. The maximum absolute atomic E-state index is 12.3. The van der Waals surface area contributed by atoms with E-state index >= 15 is 0 Å². The van der Waals surface area contributed by atoms with Gasteiger partial charge in [-0.3, -0.25) is 4.79 Å². The minimum Gasteiger partial charge on any atom is -0.327 e. The van der Waals surface area contributed by atoms with Gasteiger partial charge in [-0.2, -0.15) is 0 Å². The largest absolute Gasteiger partial charge is 0.327 e. The fourth-order valence-electron chi connectivity index (χ4n) is 2.45. The summed E-state index contributed by atoms with van der Waals surface area (Å²) in [6.07, 6.45) is 5.51. The molecule has 0 aliphatic heterocycles. The van der Waals surface area contributed by atoms with Gasteiger partial charge in [0.25, 0.3) is 0 Å². The second kappa shape index (κ2) is 5.11. The van der Waals surface area contributed by atoms with Crippen LogP contribution in [0.15, 0.2) is 11.4 Å². The average molecular weight is 237 g/mol. The zero-order chi connectivity index (χ0) is 11.5. The molecule has 88 valence electrons. The molecule has 1 aromatic rings. The van der Waals surface area contributed by atoms with Crippen molar-refractivity contribution in [2.24, 2.45) is 11.7 Å². The first kappa shape index (κ1) is 11.8. The molecule has 1 aliphatic carbocycles. The van der Waals surface area contributed by atoms with Crippen LogP contribution in [-0.2, 0) is 0 Å². The zero-order valence-electron chi connectivity index (χ0n) is 9.74. The van der Waals surface area contributed by atoms with E-state index in [2.05, 4.69) is 0 Å². The number of aryl methyl sites for hydroxylation is 1. The number of hydrogen-bond donors (Lipinski definition) is 1. The molecular weight excluding hydrogens is 218 g/mol. The van der Waals surface area contributed by atoms with Gasteiger partial charge in [0.05, 0.1) is 0 Å². The summed E-state index contributed by atoms with van der Waals surface area (Å²) in [5.41, 5.74) is 6.97. The van der Waals surface area contributed by atoms with Crippen molar-refractivity contribution in [1.29, 1.82) is 0 Å². The number of carbonyl (C=O) groups excluding carboxylic acids is 1. The number of hydrogen-bond acceptors (Lipinski definition) is 3. The van der Waals surface area contributed by atoms with Crippen LogP contribution in [0.2, 0.25) is 0 Å². The molecule has 2 unspecified atom stereocenters. The lowest BCUT2D eigenvalue weighted by Crippen LogP contribution is -2.34. The Morgan fingerprint density at radius 1 is 1.38 bits per heavy atom. The lowest BCUT2D eigenvalue weighted by molar-refractivity contribution is 0.0895. The molecule has 3 heteroatoms. The molecule has 2 atom stereocenters. The fourth-order valence-corrected chi connectivity index (χ4v) is 3.14. The second-order valence-corrected chi connectivity index (χ2v) is 5.83. The van der Waals surface area contributed by atoms with Crippen molar-refractivity contribution in [1.82, 2.24) is 0 Å². The van der Waals surface area contributed by atoms with Crippen LogP contribution in [0.5, 0.6) is 0 Å². The monoisotopic (exact) mass is 237 g/mol. The molecule has 0 aromatic carbocycles. The third kappa shape index (κ3) is 2.53. The van der Waals surface area contributed by atoms with Crippen molar-refractivity contribution >= 4 is 17.1 Å². The van der Waals surface area contributed by atoms with Crippen LogP contribution in [0.25, 0.3) is 0 Å². The summed E-state index contributed by atoms with van der Waals surface area (Å²) >= 11 is 1.64. The zero-order valence-corrected chi connectivity index (χ0v) is 10.6. The van der Waals surface area contributed by atoms with Gasteiger partial charge in [-0.05, 0) is 25.8 Å². The summed E-state index contributed by atoms with van der Waals surface area (Å²) in [7, 11) is 0. The number of Topliss-reactive ketones (excluding diaryl/α,β-unsaturated/α-hetero) is 1. The molecule has 0 amide bonds. The Kier molecular flexibility index (Phi) is 3.77. The van der Waals surface area contributed by atoms with Gasteiger partial charge in [-0.1, -0.05) is 19.3 Å². The van der Waals surface area contributed by atoms with Crippen molar-refractivity contribution in [3.63, 3.8) is 0 Å². The fraction of sp³-hybridized carbons (Fsp3) is 0.615. The molecule has 16 heavy (non-hydrogen) atoms. The van der Waals surface area contributed by atoms with Crippen LogP contribution in [0.3, 0.4) is 0 Å². The third-order valence-electron chi connectivity index (χ3n) is 3.42. The molecule has 2 nitrogen and oxygen atoms in total. The van der Waals surface area contributed by atoms with Crippen LogP contribution < -0.4 is 5.73 Å². The number of nitrogens with two attached hydrogens (primary N) is 1. The molecule has 1 aromatic heterocycles. The van der Waals surface area contributed by atoms with E-state index in [4.69, 9.17) is 5.73 Å². The van der Waals surface area contributed by atoms with E-state index in [0.29, 0.717) is 0 Å². The SMILES string of the molecule is Cc1cc(C(=O)C2CCCCCC2N)cs1. The highest BCUT2D eigenvalue weighted by atomic mass is 32.1. The summed E-state index contributed by atoms with van der Waals surface area (Å²) in [6.45, 7) is 2.04. The lowest BCUT2D eigenvalue weighted by Gasteiger charge is -2.19. The van der Waals surface area contributed by atoms with Gasteiger partial charge in [-0.25, -0.2) is 0 Å². The molecule has 0 spiro atoms. The summed E-state index contributed by atoms with van der Waals surface area (Å²) in [4.78, 5) is 13.5. The van der Waals surface area contributed by atoms with Crippen molar-refractivity contribution in [3.8, 4) is 0 Å². The Balaban J connectivity index is 2.13. The Hall–Kier alpha value is -0.670. The lowest BCUT2D eigenvalue weighted by atomic mass is 9.88. The molecule has 1 aliphatic rings. The minimum atomic E-state index is 0.0523. The van der Waals surface area contributed by atoms with Crippen LogP contribution in [-0.4, -0.2) is 11.8 Å². The van der Waals surface area contributed by atoms with Gasteiger partial charge in [0.15, 0.2) is 5.78 Å². The van der Waals surface area contributed by atoms with Gasteiger partial charge >= 0.3 is 0 Å². The smallest absolute Gasteiger partial charge is 0.168 e. The first-order valence-electron chi connectivity index (χ1n) is 6.03. The van der Waals surface area contributed by atoms with E-state index in [0.717, 1.165) is 24.8 Å². The first-order valence-corrected chi connectivity index (χ1v) is 6.91. The molecule has 1 heterocycles. The highest BCUT2D eigenvalue weighted by Crippen LogP contribution is 2.27.